The van der Waals surface area contributed by atoms with E-state index in [0.717, 1.165) is 5.69 Å². The quantitative estimate of drug-likeness (QED) is 0.771. The fourth-order valence-corrected chi connectivity index (χ4v) is 1.46. The van der Waals surface area contributed by atoms with Crippen molar-refractivity contribution in [3.8, 4) is 0 Å². The van der Waals surface area contributed by atoms with E-state index >= 15 is 0 Å². The van der Waals surface area contributed by atoms with Crippen LogP contribution in [0.1, 0.15) is 63.6 Å². The van der Waals surface area contributed by atoms with Gasteiger partial charge in [-0.2, -0.15) is 5.10 Å². The highest BCUT2D eigenvalue weighted by Crippen LogP contribution is 2.23. The number of nitrogen functional groups attached to an aromatic ring is 1. The van der Waals surface area contributed by atoms with Crippen LogP contribution in [0, 0.1) is 5.41 Å². The van der Waals surface area contributed by atoms with Crippen LogP contribution < -0.4 is 11.1 Å². The van der Waals surface area contributed by atoms with Crippen molar-refractivity contribution in [3.05, 3.63) is 11.4 Å². The molecular weight excluding hydrogens is 228 g/mol. The van der Waals surface area contributed by atoms with Gasteiger partial charge in [-0.15, -0.1) is 0 Å². The Kier molecular flexibility index (Phi) is 4.04. The molecule has 0 radical (unpaired) electrons. The van der Waals surface area contributed by atoms with E-state index in [4.69, 9.17) is 5.73 Å². The van der Waals surface area contributed by atoms with Crippen LogP contribution >= 0.6 is 0 Å². The number of carbonyl (C=O) groups excluding carboxylic acids is 1. The largest absolute Gasteiger partial charge is 0.395 e. The van der Waals surface area contributed by atoms with E-state index in [9.17, 15) is 4.79 Å². The molecule has 1 unspecified atom stereocenters. The minimum atomic E-state index is -0.224. The number of rotatable bonds is 3. The molecule has 0 aliphatic heterocycles. The fraction of sp³-hybridized carbons (Fsp3) is 0.692. The van der Waals surface area contributed by atoms with E-state index in [0.29, 0.717) is 5.69 Å². The first-order valence-electron chi connectivity index (χ1n) is 6.29. The molecule has 4 N–H and O–H groups in total. The zero-order chi connectivity index (χ0) is 14.1. The zero-order valence-electron chi connectivity index (χ0n) is 12.1. The molecule has 0 bridgehead atoms. The molecule has 0 aromatic carbocycles. The maximum Gasteiger partial charge on any atom is 0.274 e. The molecule has 1 aromatic rings. The lowest BCUT2D eigenvalue weighted by atomic mass is 9.88. The van der Waals surface area contributed by atoms with Gasteiger partial charge < -0.3 is 11.1 Å². The Morgan fingerprint density at radius 2 is 1.89 bits per heavy atom. The second kappa shape index (κ2) is 5.00. The van der Waals surface area contributed by atoms with Gasteiger partial charge in [0.1, 0.15) is 0 Å². The topological polar surface area (TPSA) is 83.8 Å². The van der Waals surface area contributed by atoms with Crippen LogP contribution in [0.25, 0.3) is 0 Å². The van der Waals surface area contributed by atoms with Crippen LogP contribution in [0.3, 0.4) is 0 Å². The summed E-state index contributed by atoms with van der Waals surface area (Å²) in [5.74, 6) is -0.00263. The van der Waals surface area contributed by atoms with Gasteiger partial charge in [-0.05, 0) is 18.3 Å². The Morgan fingerprint density at radius 3 is 2.28 bits per heavy atom. The molecule has 102 valence electrons. The number of amides is 1. The molecule has 0 aliphatic rings. The molecule has 0 spiro atoms. The van der Waals surface area contributed by atoms with Gasteiger partial charge in [0, 0.05) is 6.04 Å². The molecule has 1 atom stereocenters. The second-order valence-electron chi connectivity index (χ2n) is 6.12. The van der Waals surface area contributed by atoms with Gasteiger partial charge in [-0.1, -0.05) is 34.6 Å². The number of nitrogens with two attached hydrogens (primary N) is 1. The lowest BCUT2D eigenvalue weighted by Crippen LogP contribution is -2.41. The van der Waals surface area contributed by atoms with Crippen LogP contribution in [-0.4, -0.2) is 22.1 Å². The molecule has 0 saturated heterocycles. The predicted molar refractivity (Wildman–Crippen MR) is 73.5 cm³/mol. The van der Waals surface area contributed by atoms with Crippen LogP contribution in [-0.2, 0) is 0 Å². The summed E-state index contributed by atoms with van der Waals surface area (Å²) in [7, 11) is 0. The third-order valence-electron chi connectivity index (χ3n) is 3.27. The highest BCUT2D eigenvalue weighted by Gasteiger charge is 2.25. The summed E-state index contributed by atoms with van der Waals surface area (Å²) in [4.78, 5) is 12.1. The molecule has 18 heavy (non-hydrogen) atoms. The fourth-order valence-electron chi connectivity index (χ4n) is 1.46. The van der Waals surface area contributed by atoms with E-state index in [-0.39, 0.29) is 29.0 Å². The average Bonchev–Trinajstić information content (AvgIpc) is 2.58. The van der Waals surface area contributed by atoms with Crippen LogP contribution in [0.4, 0.5) is 5.69 Å². The van der Waals surface area contributed by atoms with Crippen LogP contribution in [0.15, 0.2) is 0 Å². The van der Waals surface area contributed by atoms with Crippen LogP contribution in [0.5, 0.6) is 0 Å². The first kappa shape index (κ1) is 14.5. The molecule has 5 nitrogen and oxygen atoms in total. The number of hydrogen-bond donors (Lipinski definition) is 3. The van der Waals surface area contributed by atoms with Gasteiger partial charge in [-0.3, -0.25) is 9.89 Å². The third kappa shape index (κ3) is 3.03. The summed E-state index contributed by atoms with van der Waals surface area (Å²) in [6.45, 7) is 12.2. The zero-order valence-corrected chi connectivity index (χ0v) is 12.1. The molecule has 0 fully saturated rings. The van der Waals surface area contributed by atoms with Crippen molar-refractivity contribution >= 4 is 11.6 Å². The summed E-state index contributed by atoms with van der Waals surface area (Å²) in [5.41, 5.74) is 7.48. The molecule has 1 rings (SSSR count). The summed E-state index contributed by atoms with van der Waals surface area (Å²) in [6.07, 6.45) is 0. The minimum Gasteiger partial charge on any atom is -0.395 e. The monoisotopic (exact) mass is 252 g/mol. The number of aromatic nitrogens is 2. The lowest BCUT2D eigenvalue weighted by Gasteiger charge is -2.27. The van der Waals surface area contributed by atoms with Gasteiger partial charge in [0.15, 0.2) is 5.69 Å². The number of nitrogens with one attached hydrogen (secondary N) is 2. The number of hydrogen-bond acceptors (Lipinski definition) is 3. The van der Waals surface area contributed by atoms with Gasteiger partial charge >= 0.3 is 0 Å². The number of nitrogens with zero attached hydrogens (tertiary/aromatic N) is 1. The van der Waals surface area contributed by atoms with Crippen LogP contribution in [0.2, 0.25) is 0 Å². The maximum absolute atomic E-state index is 12.1. The first-order chi connectivity index (χ1) is 8.14. The molecule has 1 amide bonds. The van der Waals surface area contributed by atoms with Crippen molar-refractivity contribution in [2.75, 3.05) is 5.73 Å². The number of aromatic amines is 1. The minimum absolute atomic E-state index is 0.00159. The number of H-pyrrole nitrogens is 1. The summed E-state index contributed by atoms with van der Waals surface area (Å²) < 4.78 is 0. The Labute approximate surface area is 109 Å². The van der Waals surface area contributed by atoms with Crippen molar-refractivity contribution in [2.24, 2.45) is 5.41 Å². The molecule has 1 heterocycles. The summed E-state index contributed by atoms with van der Waals surface area (Å²) in [6, 6.07) is 0.0450. The highest BCUT2D eigenvalue weighted by atomic mass is 16.2. The van der Waals surface area contributed by atoms with Gasteiger partial charge in [0.05, 0.1) is 11.4 Å². The smallest absolute Gasteiger partial charge is 0.274 e. The van der Waals surface area contributed by atoms with Crippen molar-refractivity contribution in [2.45, 2.75) is 53.5 Å². The van der Waals surface area contributed by atoms with E-state index in [1.165, 1.54) is 0 Å². The number of anilines is 1. The van der Waals surface area contributed by atoms with Gasteiger partial charge in [0.25, 0.3) is 5.91 Å². The maximum atomic E-state index is 12.1. The van der Waals surface area contributed by atoms with E-state index < -0.39 is 0 Å². The predicted octanol–water partition coefficient (Wildman–Crippen LogP) is 2.28. The average molecular weight is 252 g/mol. The van der Waals surface area contributed by atoms with Crippen molar-refractivity contribution in [1.29, 1.82) is 0 Å². The van der Waals surface area contributed by atoms with Crippen molar-refractivity contribution in [1.82, 2.24) is 15.5 Å². The SMILES string of the molecule is CC(C)c1[nH]nc(C(=O)NC(C)C(C)(C)C)c1N. The summed E-state index contributed by atoms with van der Waals surface area (Å²) in [5, 5.41) is 9.77. The second-order valence-corrected chi connectivity index (χ2v) is 6.12. The van der Waals surface area contributed by atoms with E-state index in [2.05, 4.69) is 36.3 Å². The Balaban J connectivity index is 2.86. The molecule has 1 aromatic heterocycles. The van der Waals surface area contributed by atoms with Crippen molar-refractivity contribution in [3.63, 3.8) is 0 Å². The Hall–Kier alpha value is -1.52. The molecule has 0 saturated carbocycles. The normalized spacial score (nSPS) is 13.7. The van der Waals surface area contributed by atoms with Gasteiger partial charge in [-0.25, -0.2) is 0 Å². The lowest BCUT2D eigenvalue weighted by molar-refractivity contribution is 0.0906. The molecule has 0 aliphatic carbocycles. The Bertz CT molecular complexity index is 429. The summed E-state index contributed by atoms with van der Waals surface area (Å²) >= 11 is 0. The van der Waals surface area contributed by atoms with E-state index in [1.807, 2.05) is 20.8 Å². The Morgan fingerprint density at radius 1 is 1.33 bits per heavy atom. The standard InChI is InChI=1S/C13H24N4O/c1-7(2)10-9(14)11(17-16-10)12(18)15-8(3)13(4,5)6/h7-8H,14H2,1-6H3,(H,15,18)(H,16,17). The van der Waals surface area contributed by atoms with Crippen molar-refractivity contribution < 1.29 is 4.79 Å². The van der Waals surface area contributed by atoms with Gasteiger partial charge in [0.2, 0.25) is 0 Å². The number of carbonyl (C=O) groups is 1. The molecular formula is C13H24N4O. The highest BCUT2D eigenvalue weighted by molar-refractivity contribution is 5.97. The van der Waals surface area contributed by atoms with E-state index in [1.54, 1.807) is 0 Å². The first-order valence-corrected chi connectivity index (χ1v) is 6.29. The third-order valence-corrected chi connectivity index (χ3v) is 3.27. The molecule has 5 heteroatoms.